The monoisotopic (exact) mass is 441 g/mol. The van der Waals surface area contributed by atoms with E-state index in [1.807, 2.05) is 32.9 Å². The number of halogens is 1. The number of ether oxygens (including phenoxy) is 1. The van der Waals surface area contributed by atoms with Gasteiger partial charge in [0.15, 0.2) is 0 Å². The molecular formula is C23H24BrNO3. The van der Waals surface area contributed by atoms with Crippen LogP contribution in [0.5, 0.6) is 5.75 Å². The average Bonchev–Trinajstić information content (AvgIpc) is 3.08. The van der Waals surface area contributed by atoms with E-state index in [0.717, 1.165) is 49.0 Å². The summed E-state index contributed by atoms with van der Waals surface area (Å²) >= 11 is 3.53. The molecular weight excluding hydrogens is 418 g/mol. The Labute approximate surface area is 173 Å². The van der Waals surface area contributed by atoms with Crippen LogP contribution in [0.3, 0.4) is 0 Å². The molecule has 0 bridgehead atoms. The molecule has 1 heterocycles. The Morgan fingerprint density at radius 1 is 1.29 bits per heavy atom. The van der Waals surface area contributed by atoms with Gasteiger partial charge >= 0.3 is 0 Å². The van der Waals surface area contributed by atoms with Gasteiger partial charge in [-0.3, -0.25) is 4.79 Å². The molecule has 1 aromatic heterocycles. The molecule has 0 aliphatic heterocycles. The number of furan rings is 1. The molecule has 3 aromatic rings. The number of likely N-dealkylation sites (N-methyl/N-ethyl adjacent to an activating group) is 1. The molecule has 0 N–H and O–H groups in total. The van der Waals surface area contributed by atoms with Crippen LogP contribution in [0.15, 0.2) is 51.6 Å². The van der Waals surface area contributed by atoms with Gasteiger partial charge < -0.3 is 14.1 Å². The third-order valence-electron chi connectivity index (χ3n) is 4.67. The molecule has 4 nitrogen and oxygen atoms in total. The summed E-state index contributed by atoms with van der Waals surface area (Å²) in [6.45, 7) is 6.41. The van der Waals surface area contributed by atoms with Gasteiger partial charge in [0, 0.05) is 46.7 Å². The zero-order valence-electron chi connectivity index (χ0n) is 16.8. The number of amides is 1. The molecule has 0 aliphatic carbocycles. The Hall–Kier alpha value is -2.53. The summed E-state index contributed by atoms with van der Waals surface area (Å²) in [6.07, 6.45) is 3.42. The van der Waals surface area contributed by atoms with E-state index in [4.69, 9.17) is 9.15 Å². The topological polar surface area (TPSA) is 42.7 Å². The lowest BCUT2D eigenvalue weighted by Gasteiger charge is -2.15. The highest BCUT2D eigenvalue weighted by Gasteiger charge is 2.19. The third kappa shape index (κ3) is 3.85. The van der Waals surface area contributed by atoms with Gasteiger partial charge in [-0.1, -0.05) is 28.1 Å². The maximum atomic E-state index is 12.2. The summed E-state index contributed by atoms with van der Waals surface area (Å²) in [4.78, 5) is 13.8. The highest BCUT2D eigenvalue weighted by atomic mass is 79.9. The predicted octanol–water partition coefficient (Wildman–Crippen LogP) is 6.06. The number of aryl methyl sites for hydroxylation is 1. The minimum absolute atomic E-state index is 0.0582. The Morgan fingerprint density at radius 2 is 2.04 bits per heavy atom. The van der Waals surface area contributed by atoms with Crippen LogP contribution in [0, 0.1) is 6.92 Å². The second-order valence-electron chi connectivity index (χ2n) is 6.91. The molecule has 3 rings (SSSR count). The fourth-order valence-corrected chi connectivity index (χ4v) is 3.61. The lowest BCUT2D eigenvalue weighted by atomic mass is 9.96. The van der Waals surface area contributed by atoms with Crippen LogP contribution in [0.1, 0.15) is 25.0 Å². The largest absolute Gasteiger partial charge is 0.493 e. The smallest absolute Gasteiger partial charge is 0.246 e. The van der Waals surface area contributed by atoms with Crippen molar-refractivity contribution >= 4 is 38.4 Å². The van der Waals surface area contributed by atoms with Crippen molar-refractivity contribution in [3.05, 3.63) is 58.3 Å². The molecule has 0 saturated heterocycles. The molecule has 146 valence electrons. The van der Waals surface area contributed by atoms with Crippen molar-refractivity contribution in [3.63, 3.8) is 0 Å². The van der Waals surface area contributed by atoms with Gasteiger partial charge in [-0.15, -0.1) is 0 Å². The van der Waals surface area contributed by atoms with Gasteiger partial charge in [0.2, 0.25) is 5.91 Å². The summed E-state index contributed by atoms with van der Waals surface area (Å²) in [5.41, 5.74) is 5.56. The molecule has 0 unspecified atom stereocenters. The van der Waals surface area contributed by atoms with E-state index >= 15 is 0 Å². The van der Waals surface area contributed by atoms with Gasteiger partial charge in [0.25, 0.3) is 0 Å². The highest BCUT2D eigenvalue weighted by Crippen LogP contribution is 2.41. The SMILES string of the molecule is CCOc1c(/C(C)=C/C(=O)N(C)C)cc2c(-c3cccc(Br)c3)coc2c1C. The van der Waals surface area contributed by atoms with Gasteiger partial charge in [-0.2, -0.15) is 0 Å². The van der Waals surface area contributed by atoms with E-state index in [1.54, 1.807) is 31.3 Å². The molecule has 1 amide bonds. The van der Waals surface area contributed by atoms with E-state index in [9.17, 15) is 4.79 Å². The van der Waals surface area contributed by atoms with Gasteiger partial charge in [0.1, 0.15) is 11.3 Å². The summed E-state index contributed by atoms with van der Waals surface area (Å²) < 4.78 is 12.9. The van der Waals surface area contributed by atoms with Crippen molar-refractivity contribution in [2.24, 2.45) is 0 Å². The molecule has 2 aromatic carbocycles. The Bertz CT molecular complexity index is 1060. The third-order valence-corrected chi connectivity index (χ3v) is 5.17. The number of fused-ring (bicyclic) bond motifs is 1. The predicted molar refractivity (Wildman–Crippen MR) is 118 cm³/mol. The van der Waals surface area contributed by atoms with E-state index in [1.165, 1.54) is 0 Å². The maximum Gasteiger partial charge on any atom is 0.246 e. The number of nitrogens with zero attached hydrogens (tertiary/aromatic N) is 1. The van der Waals surface area contributed by atoms with E-state index < -0.39 is 0 Å². The highest BCUT2D eigenvalue weighted by molar-refractivity contribution is 9.10. The molecule has 0 fully saturated rings. The lowest BCUT2D eigenvalue weighted by Crippen LogP contribution is -2.19. The Kier molecular flexibility index (Phi) is 5.94. The average molecular weight is 442 g/mol. The molecule has 5 heteroatoms. The molecule has 0 spiro atoms. The lowest BCUT2D eigenvalue weighted by molar-refractivity contribution is -0.123. The molecule has 0 saturated carbocycles. The van der Waals surface area contributed by atoms with Crippen LogP contribution in [-0.4, -0.2) is 31.5 Å². The first kappa shape index (κ1) is 20.2. The Morgan fingerprint density at radius 3 is 2.68 bits per heavy atom. The molecule has 0 radical (unpaired) electrons. The fraction of sp³-hybridized carbons (Fsp3) is 0.261. The maximum absolute atomic E-state index is 12.2. The summed E-state index contributed by atoms with van der Waals surface area (Å²) in [7, 11) is 3.48. The zero-order chi connectivity index (χ0) is 20.4. The van der Waals surface area contributed by atoms with Gasteiger partial charge in [-0.25, -0.2) is 0 Å². The number of rotatable bonds is 5. The standard InChI is InChI=1S/C23H24BrNO3/c1-6-27-22-15(3)23-19(12-18(22)14(2)10-21(26)25(4)5)20(13-28-23)16-8-7-9-17(24)11-16/h7-13H,6H2,1-5H3/b14-10+. The minimum atomic E-state index is -0.0582. The molecule has 0 aliphatic rings. The van der Waals surface area contributed by atoms with Crippen molar-refractivity contribution in [1.29, 1.82) is 0 Å². The van der Waals surface area contributed by atoms with Gasteiger partial charge in [0.05, 0.1) is 12.9 Å². The van der Waals surface area contributed by atoms with E-state index in [0.29, 0.717) is 6.61 Å². The first-order valence-electron chi connectivity index (χ1n) is 9.17. The van der Waals surface area contributed by atoms with Gasteiger partial charge in [-0.05, 0) is 50.1 Å². The zero-order valence-corrected chi connectivity index (χ0v) is 18.4. The van der Waals surface area contributed by atoms with Crippen molar-refractivity contribution in [2.75, 3.05) is 20.7 Å². The van der Waals surface area contributed by atoms with Crippen LogP contribution in [0.2, 0.25) is 0 Å². The first-order valence-corrected chi connectivity index (χ1v) is 9.96. The first-order chi connectivity index (χ1) is 13.3. The summed E-state index contributed by atoms with van der Waals surface area (Å²) in [5.74, 6) is 0.697. The molecule has 28 heavy (non-hydrogen) atoms. The summed E-state index contributed by atoms with van der Waals surface area (Å²) in [6, 6.07) is 10.2. The van der Waals surface area contributed by atoms with Crippen molar-refractivity contribution in [1.82, 2.24) is 4.90 Å². The summed E-state index contributed by atoms with van der Waals surface area (Å²) in [5, 5.41) is 0.999. The molecule has 0 atom stereocenters. The number of hydrogen-bond donors (Lipinski definition) is 0. The van der Waals surface area contributed by atoms with Crippen LogP contribution in [0.25, 0.3) is 27.7 Å². The number of carbonyl (C=O) groups excluding carboxylic acids is 1. The fourth-order valence-electron chi connectivity index (χ4n) is 3.21. The van der Waals surface area contributed by atoms with Crippen LogP contribution >= 0.6 is 15.9 Å². The number of carbonyl (C=O) groups is 1. The number of allylic oxidation sites excluding steroid dienone is 1. The van der Waals surface area contributed by atoms with E-state index in [-0.39, 0.29) is 5.91 Å². The van der Waals surface area contributed by atoms with Crippen LogP contribution in [0.4, 0.5) is 0 Å². The van der Waals surface area contributed by atoms with Crippen molar-refractivity contribution in [3.8, 4) is 16.9 Å². The van der Waals surface area contributed by atoms with E-state index in [2.05, 4.69) is 34.1 Å². The number of benzene rings is 2. The normalized spacial score (nSPS) is 11.7. The van der Waals surface area contributed by atoms with Crippen molar-refractivity contribution < 1.29 is 13.9 Å². The van der Waals surface area contributed by atoms with Crippen LogP contribution < -0.4 is 4.74 Å². The second kappa shape index (κ2) is 8.23. The second-order valence-corrected chi connectivity index (χ2v) is 7.82. The minimum Gasteiger partial charge on any atom is -0.493 e. The van der Waals surface area contributed by atoms with Crippen LogP contribution in [-0.2, 0) is 4.79 Å². The Balaban J connectivity index is 2.26. The number of hydrogen-bond acceptors (Lipinski definition) is 3. The quantitative estimate of drug-likeness (QED) is 0.451. The van der Waals surface area contributed by atoms with Crippen molar-refractivity contribution in [2.45, 2.75) is 20.8 Å².